The van der Waals surface area contributed by atoms with Crippen LogP contribution in [-0.2, 0) is 4.79 Å². The van der Waals surface area contributed by atoms with Crippen molar-refractivity contribution in [2.24, 2.45) is 0 Å². The molecule has 2 N–H and O–H groups in total. The highest BCUT2D eigenvalue weighted by atomic mass is 16.3. The molecule has 3 heteroatoms. The summed E-state index contributed by atoms with van der Waals surface area (Å²) in [7, 11) is 0. The lowest BCUT2D eigenvalue weighted by atomic mass is 10.2. The van der Waals surface area contributed by atoms with Crippen LogP contribution >= 0.6 is 0 Å². The van der Waals surface area contributed by atoms with Crippen molar-refractivity contribution in [1.29, 1.82) is 0 Å². The summed E-state index contributed by atoms with van der Waals surface area (Å²) in [5.41, 5.74) is 1.84. The maximum absolute atomic E-state index is 10.7. The molecule has 1 aromatic carbocycles. The summed E-state index contributed by atoms with van der Waals surface area (Å²) in [6, 6.07) is 7.38. The Balaban J connectivity index is 0.000000791. The second kappa shape index (κ2) is 6.86. The van der Waals surface area contributed by atoms with Gasteiger partial charge in [0.15, 0.2) is 0 Å². The van der Waals surface area contributed by atoms with Crippen LogP contribution in [0.5, 0.6) is 0 Å². The molecule has 0 unspecified atom stereocenters. The Morgan fingerprint density at radius 3 is 2.29 bits per heavy atom. The van der Waals surface area contributed by atoms with Crippen molar-refractivity contribution >= 4 is 11.6 Å². The smallest absolute Gasteiger partial charge is 0.250 e. The summed E-state index contributed by atoms with van der Waals surface area (Å²) in [5, 5.41) is 11.0. The highest BCUT2D eigenvalue weighted by Gasteiger charge is 1.97. The predicted octanol–water partition coefficient (Wildman–Crippen LogP) is 1.73. The molecule has 76 valence electrons. The quantitative estimate of drug-likeness (QED) is 0.703. The first-order valence-corrected chi connectivity index (χ1v) is 4.20. The largest absolute Gasteiger partial charge is 0.387 e. The number of aliphatic hydroxyl groups is 1. The lowest BCUT2D eigenvalue weighted by molar-refractivity contribution is -0.118. The standard InChI is InChI=1S/C9H11NO2.C2H4/c1-7-2-4-8(5-3-7)10-9(12)6-11;1-2/h2-5,11H,6H2,1H3,(H,10,12);1-2H2. The third kappa shape index (κ3) is 4.42. The highest BCUT2D eigenvalue weighted by Crippen LogP contribution is 2.07. The molecule has 0 aromatic heterocycles. The SMILES string of the molecule is C=C.Cc1ccc(NC(=O)CO)cc1. The van der Waals surface area contributed by atoms with Gasteiger partial charge in [-0.2, -0.15) is 0 Å². The predicted molar refractivity (Wildman–Crippen MR) is 58.1 cm³/mol. The minimum atomic E-state index is -0.478. The Morgan fingerprint density at radius 1 is 1.36 bits per heavy atom. The topological polar surface area (TPSA) is 49.3 Å². The molecular weight excluding hydrogens is 178 g/mol. The second-order valence-corrected chi connectivity index (χ2v) is 2.57. The second-order valence-electron chi connectivity index (χ2n) is 2.57. The number of aliphatic hydroxyl groups excluding tert-OH is 1. The molecule has 0 aliphatic carbocycles. The molecule has 1 rings (SSSR count). The highest BCUT2D eigenvalue weighted by molar-refractivity contribution is 5.91. The fraction of sp³-hybridized carbons (Fsp3) is 0.182. The van der Waals surface area contributed by atoms with Gasteiger partial charge >= 0.3 is 0 Å². The van der Waals surface area contributed by atoms with E-state index in [0.29, 0.717) is 5.69 Å². The van der Waals surface area contributed by atoms with Crippen LogP contribution < -0.4 is 5.32 Å². The number of benzene rings is 1. The number of hydrogen-bond donors (Lipinski definition) is 2. The number of anilines is 1. The minimum Gasteiger partial charge on any atom is -0.387 e. The molecule has 0 aliphatic rings. The van der Waals surface area contributed by atoms with E-state index in [-0.39, 0.29) is 5.91 Å². The van der Waals surface area contributed by atoms with Crippen molar-refractivity contribution < 1.29 is 9.90 Å². The van der Waals surface area contributed by atoms with Gasteiger partial charge in [-0.25, -0.2) is 0 Å². The molecule has 0 fully saturated rings. The van der Waals surface area contributed by atoms with Gasteiger partial charge in [0.05, 0.1) is 0 Å². The van der Waals surface area contributed by atoms with Crippen LogP contribution in [0.2, 0.25) is 0 Å². The molecule has 0 heterocycles. The summed E-state index contributed by atoms with van der Waals surface area (Å²) < 4.78 is 0. The van der Waals surface area contributed by atoms with Gasteiger partial charge in [0.1, 0.15) is 6.61 Å². The summed E-state index contributed by atoms with van der Waals surface area (Å²) in [6.45, 7) is 7.49. The van der Waals surface area contributed by atoms with E-state index in [1.165, 1.54) is 0 Å². The molecule has 0 saturated carbocycles. The maximum atomic E-state index is 10.7. The van der Waals surface area contributed by atoms with E-state index < -0.39 is 6.61 Å². The number of carbonyl (C=O) groups is 1. The van der Waals surface area contributed by atoms with Crippen LogP contribution in [-0.4, -0.2) is 17.6 Å². The Labute approximate surface area is 84.1 Å². The van der Waals surface area contributed by atoms with Gasteiger partial charge in [0.2, 0.25) is 5.91 Å². The molecule has 3 nitrogen and oxygen atoms in total. The normalized spacial score (nSPS) is 8.43. The number of hydrogen-bond acceptors (Lipinski definition) is 2. The van der Waals surface area contributed by atoms with Crippen LogP contribution in [0.1, 0.15) is 5.56 Å². The lowest BCUT2D eigenvalue weighted by Crippen LogP contribution is -2.15. The first-order chi connectivity index (χ1) is 6.72. The number of rotatable bonds is 2. The summed E-state index contributed by atoms with van der Waals surface area (Å²) in [6.07, 6.45) is 0. The first kappa shape index (κ1) is 12.4. The molecular formula is C11H15NO2. The minimum absolute atomic E-state index is 0.390. The zero-order valence-corrected chi connectivity index (χ0v) is 8.29. The van der Waals surface area contributed by atoms with E-state index in [2.05, 4.69) is 18.5 Å². The fourth-order valence-electron chi connectivity index (χ4n) is 0.837. The maximum Gasteiger partial charge on any atom is 0.250 e. The van der Waals surface area contributed by atoms with Crippen LogP contribution in [0.25, 0.3) is 0 Å². The Morgan fingerprint density at radius 2 is 1.86 bits per heavy atom. The summed E-state index contributed by atoms with van der Waals surface area (Å²) >= 11 is 0. The van der Waals surface area contributed by atoms with Gasteiger partial charge in [-0.15, -0.1) is 13.2 Å². The van der Waals surface area contributed by atoms with Gasteiger partial charge < -0.3 is 10.4 Å². The zero-order valence-electron chi connectivity index (χ0n) is 8.29. The van der Waals surface area contributed by atoms with Gasteiger partial charge in [0, 0.05) is 5.69 Å². The van der Waals surface area contributed by atoms with Gasteiger partial charge in [-0.05, 0) is 19.1 Å². The number of nitrogens with one attached hydrogen (secondary N) is 1. The lowest BCUT2D eigenvalue weighted by Gasteiger charge is -2.02. The van der Waals surface area contributed by atoms with Crippen molar-refractivity contribution in [2.75, 3.05) is 11.9 Å². The van der Waals surface area contributed by atoms with E-state index in [0.717, 1.165) is 5.56 Å². The molecule has 1 amide bonds. The average Bonchev–Trinajstić information content (AvgIpc) is 2.24. The van der Waals surface area contributed by atoms with Crippen LogP contribution in [0.4, 0.5) is 5.69 Å². The van der Waals surface area contributed by atoms with E-state index in [1.54, 1.807) is 12.1 Å². The number of aryl methyl sites for hydroxylation is 1. The third-order valence-electron chi connectivity index (χ3n) is 1.48. The van der Waals surface area contributed by atoms with E-state index in [4.69, 9.17) is 5.11 Å². The van der Waals surface area contributed by atoms with Crippen LogP contribution in [0, 0.1) is 6.92 Å². The average molecular weight is 193 g/mol. The molecule has 0 spiro atoms. The zero-order chi connectivity index (χ0) is 11.0. The van der Waals surface area contributed by atoms with Crippen molar-refractivity contribution in [1.82, 2.24) is 0 Å². The molecule has 0 atom stereocenters. The fourth-order valence-corrected chi connectivity index (χ4v) is 0.837. The van der Waals surface area contributed by atoms with Crippen LogP contribution in [0.3, 0.4) is 0 Å². The van der Waals surface area contributed by atoms with E-state index in [9.17, 15) is 4.79 Å². The van der Waals surface area contributed by atoms with Crippen molar-refractivity contribution in [3.63, 3.8) is 0 Å². The van der Waals surface area contributed by atoms with Gasteiger partial charge in [-0.3, -0.25) is 4.79 Å². The Hall–Kier alpha value is -1.61. The monoisotopic (exact) mass is 193 g/mol. The molecule has 0 saturated heterocycles. The molecule has 0 bridgehead atoms. The first-order valence-electron chi connectivity index (χ1n) is 4.20. The summed E-state index contributed by atoms with van der Waals surface area (Å²) in [5.74, 6) is -0.390. The molecule has 0 aliphatic heterocycles. The van der Waals surface area contributed by atoms with Crippen LogP contribution in [0.15, 0.2) is 37.4 Å². The molecule has 14 heavy (non-hydrogen) atoms. The molecule has 1 aromatic rings. The van der Waals surface area contributed by atoms with Crippen molar-refractivity contribution in [3.05, 3.63) is 43.0 Å². The van der Waals surface area contributed by atoms with E-state index >= 15 is 0 Å². The Kier molecular flexibility index (Phi) is 6.07. The third-order valence-corrected chi connectivity index (χ3v) is 1.48. The number of carbonyl (C=O) groups excluding carboxylic acids is 1. The summed E-state index contributed by atoms with van der Waals surface area (Å²) in [4.78, 5) is 10.7. The van der Waals surface area contributed by atoms with Crippen molar-refractivity contribution in [2.45, 2.75) is 6.92 Å². The van der Waals surface area contributed by atoms with Crippen molar-refractivity contribution in [3.8, 4) is 0 Å². The number of amides is 1. The van der Waals surface area contributed by atoms with Gasteiger partial charge in [0.25, 0.3) is 0 Å². The Bertz CT molecular complexity index is 280. The van der Waals surface area contributed by atoms with E-state index in [1.807, 2.05) is 19.1 Å². The molecule has 0 radical (unpaired) electrons. The van der Waals surface area contributed by atoms with Gasteiger partial charge in [-0.1, -0.05) is 17.7 Å².